The number of nitrogens with zero attached hydrogens (tertiary/aromatic N) is 2. The quantitative estimate of drug-likeness (QED) is 0.600. The maximum Gasteiger partial charge on any atom is 0.244 e. The van der Waals surface area contributed by atoms with Gasteiger partial charge >= 0.3 is 0 Å². The second-order valence-electron chi connectivity index (χ2n) is 7.61. The summed E-state index contributed by atoms with van der Waals surface area (Å²) in [5.41, 5.74) is 2.99. The summed E-state index contributed by atoms with van der Waals surface area (Å²) in [5.74, 6) is -0.365. The van der Waals surface area contributed by atoms with Crippen LogP contribution in [0.2, 0.25) is 5.02 Å². The highest BCUT2D eigenvalue weighted by Gasteiger charge is 2.31. The number of carbonyl (C=O) groups excluding carboxylic acids is 2. The van der Waals surface area contributed by atoms with Gasteiger partial charge in [0.15, 0.2) is 0 Å². The van der Waals surface area contributed by atoms with Crippen LogP contribution >= 0.6 is 22.9 Å². The van der Waals surface area contributed by atoms with Crippen LogP contribution < -0.4 is 5.32 Å². The predicted octanol–water partition coefficient (Wildman–Crippen LogP) is 4.45. The molecule has 4 rings (SSSR count). The van der Waals surface area contributed by atoms with E-state index in [2.05, 4.69) is 33.8 Å². The van der Waals surface area contributed by atoms with Crippen molar-refractivity contribution in [1.29, 1.82) is 0 Å². The number of amides is 2. The molecule has 0 saturated carbocycles. The third-order valence-corrected chi connectivity index (χ3v) is 6.80. The molecule has 1 aromatic heterocycles. The third kappa shape index (κ3) is 4.98. The summed E-state index contributed by atoms with van der Waals surface area (Å²) in [6.07, 6.45) is 0.931. The molecule has 0 radical (unpaired) electrons. The lowest BCUT2D eigenvalue weighted by atomic mass is 9.93. The molecule has 31 heavy (non-hydrogen) atoms. The second kappa shape index (κ2) is 9.64. The number of para-hydroxylation sites is 1. The molecule has 1 aliphatic rings. The molecule has 2 heterocycles. The van der Waals surface area contributed by atoms with Crippen LogP contribution in [0.25, 0.3) is 0 Å². The molecule has 0 spiro atoms. The fourth-order valence-electron chi connectivity index (χ4n) is 3.91. The molecular weight excluding hydrogens is 430 g/mol. The Hall–Kier alpha value is -2.67. The van der Waals surface area contributed by atoms with Crippen molar-refractivity contribution >= 4 is 40.4 Å². The molecule has 3 aromatic rings. The monoisotopic (exact) mass is 453 g/mol. The topological polar surface area (TPSA) is 52.7 Å². The van der Waals surface area contributed by atoms with E-state index in [-0.39, 0.29) is 30.9 Å². The van der Waals surface area contributed by atoms with E-state index < -0.39 is 0 Å². The molecule has 0 bridgehead atoms. The molecule has 1 aliphatic heterocycles. The molecule has 1 N–H and O–H groups in total. The van der Waals surface area contributed by atoms with Crippen molar-refractivity contribution in [3.8, 4) is 0 Å². The van der Waals surface area contributed by atoms with Crippen molar-refractivity contribution in [2.24, 2.45) is 0 Å². The highest BCUT2D eigenvalue weighted by atomic mass is 35.5. The van der Waals surface area contributed by atoms with E-state index in [0.29, 0.717) is 10.7 Å². The summed E-state index contributed by atoms with van der Waals surface area (Å²) in [5, 5.41) is 5.36. The van der Waals surface area contributed by atoms with Crippen molar-refractivity contribution in [2.45, 2.75) is 12.5 Å². The number of thiophene rings is 1. The largest absolute Gasteiger partial charge is 0.335 e. The van der Waals surface area contributed by atoms with Gasteiger partial charge < -0.3 is 10.2 Å². The number of benzene rings is 2. The summed E-state index contributed by atoms with van der Waals surface area (Å²) in [4.78, 5) is 30.4. The van der Waals surface area contributed by atoms with E-state index in [0.717, 1.165) is 13.0 Å². The van der Waals surface area contributed by atoms with Crippen LogP contribution in [-0.2, 0) is 16.0 Å². The van der Waals surface area contributed by atoms with Gasteiger partial charge in [-0.1, -0.05) is 54.1 Å². The van der Waals surface area contributed by atoms with Gasteiger partial charge in [-0.3, -0.25) is 14.5 Å². The standard InChI is InChI=1S/C24H24ClN3O2S/c1-27(15-22(29)26-20-10-6-5-9-19(20)25)23(30)16-28-13-11-21-18(12-14-31-21)24(28)17-7-3-2-4-8-17/h2-10,12,14,24H,11,13,15-16H2,1H3,(H,26,29). The van der Waals surface area contributed by atoms with Crippen molar-refractivity contribution in [2.75, 3.05) is 32.0 Å². The Bertz CT molecular complexity index is 1070. The van der Waals surface area contributed by atoms with Gasteiger partial charge in [0.1, 0.15) is 0 Å². The van der Waals surface area contributed by atoms with Gasteiger partial charge in [0.25, 0.3) is 0 Å². The van der Waals surface area contributed by atoms with Gasteiger partial charge in [-0.05, 0) is 41.1 Å². The number of halogens is 1. The first-order valence-corrected chi connectivity index (χ1v) is 11.4. The Balaban J connectivity index is 1.43. The van der Waals surface area contributed by atoms with Gasteiger partial charge in [-0.2, -0.15) is 0 Å². The maximum atomic E-state index is 13.0. The molecule has 1 unspecified atom stereocenters. The predicted molar refractivity (Wildman–Crippen MR) is 126 cm³/mol. The number of likely N-dealkylation sites (N-methyl/N-ethyl adjacent to an activating group) is 1. The minimum absolute atomic E-state index is 0.0302. The Morgan fingerprint density at radius 2 is 1.87 bits per heavy atom. The van der Waals surface area contributed by atoms with Crippen LogP contribution in [0.5, 0.6) is 0 Å². The summed E-state index contributed by atoms with van der Waals surface area (Å²) in [6.45, 7) is 1.03. The van der Waals surface area contributed by atoms with E-state index in [9.17, 15) is 9.59 Å². The van der Waals surface area contributed by atoms with Crippen molar-refractivity contribution in [3.05, 3.63) is 87.1 Å². The normalized spacial score (nSPS) is 15.9. The van der Waals surface area contributed by atoms with E-state index in [1.807, 2.05) is 18.2 Å². The molecule has 0 fully saturated rings. The zero-order valence-electron chi connectivity index (χ0n) is 17.3. The number of carbonyl (C=O) groups is 2. The molecule has 7 heteroatoms. The molecule has 2 aromatic carbocycles. The van der Waals surface area contributed by atoms with Crippen molar-refractivity contribution in [1.82, 2.24) is 9.80 Å². The average molecular weight is 454 g/mol. The smallest absolute Gasteiger partial charge is 0.244 e. The van der Waals surface area contributed by atoms with Gasteiger partial charge in [0.05, 0.1) is 29.8 Å². The van der Waals surface area contributed by atoms with Crippen LogP contribution in [0.4, 0.5) is 5.69 Å². The van der Waals surface area contributed by atoms with Gasteiger partial charge in [-0.25, -0.2) is 0 Å². The molecule has 2 amide bonds. The van der Waals surface area contributed by atoms with Crippen LogP contribution in [0.1, 0.15) is 22.0 Å². The molecular formula is C24H24ClN3O2S. The number of nitrogens with one attached hydrogen (secondary N) is 1. The maximum absolute atomic E-state index is 13.0. The first kappa shape index (κ1) is 21.6. The Kier molecular flexibility index (Phi) is 6.70. The molecule has 5 nitrogen and oxygen atoms in total. The molecule has 0 aliphatic carbocycles. The van der Waals surface area contributed by atoms with E-state index in [1.54, 1.807) is 42.6 Å². The highest BCUT2D eigenvalue weighted by Crippen LogP contribution is 2.37. The zero-order chi connectivity index (χ0) is 21.8. The minimum Gasteiger partial charge on any atom is -0.335 e. The number of hydrogen-bond acceptors (Lipinski definition) is 4. The lowest BCUT2D eigenvalue weighted by Crippen LogP contribution is -2.45. The van der Waals surface area contributed by atoms with Gasteiger partial charge in [0, 0.05) is 18.5 Å². The number of hydrogen-bond donors (Lipinski definition) is 1. The summed E-state index contributed by atoms with van der Waals surface area (Å²) < 4.78 is 0. The van der Waals surface area contributed by atoms with Crippen molar-refractivity contribution < 1.29 is 9.59 Å². The molecule has 0 saturated heterocycles. The average Bonchev–Trinajstić information content (AvgIpc) is 3.24. The Morgan fingerprint density at radius 3 is 2.65 bits per heavy atom. The summed E-state index contributed by atoms with van der Waals surface area (Å²) in [7, 11) is 1.66. The Labute approximate surface area is 191 Å². The first-order valence-electron chi connectivity index (χ1n) is 10.2. The Morgan fingerprint density at radius 1 is 1.13 bits per heavy atom. The number of rotatable bonds is 6. The third-order valence-electron chi connectivity index (χ3n) is 5.47. The summed E-state index contributed by atoms with van der Waals surface area (Å²) in [6, 6.07) is 19.5. The van der Waals surface area contributed by atoms with E-state index in [4.69, 9.17) is 11.6 Å². The first-order chi connectivity index (χ1) is 15.0. The fourth-order valence-corrected chi connectivity index (χ4v) is 5.00. The number of anilines is 1. The molecule has 1 atom stereocenters. The van der Waals surface area contributed by atoms with Gasteiger partial charge in [0.2, 0.25) is 11.8 Å². The SMILES string of the molecule is CN(CC(=O)Nc1ccccc1Cl)C(=O)CN1CCc2sccc2C1c1ccccc1. The lowest BCUT2D eigenvalue weighted by molar-refractivity contribution is -0.134. The van der Waals surface area contributed by atoms with E-state index in [1.165, 1.54) is 20.9 Å². The van der Waals surface area contributed by atoms with Crippen LogP contribution in [0, 0.1) is 0 Å². The second-order valence-corrected chi connectivity index (χ2v) is 9.02. The van der Waals surface area contributed by atoms with Crippen LogP contribution in [-0.4, -0.2) is 48.3 Å². The van der Waals surface area contributed by atoms with Crippen LogP contribution in [0.3, 0.4) is 0 Å². The molecule has 160 valence electrons. The van der Waals surface area contributed by atoms with Crippen LogP contribution in [0.15, 0.2) is 66.0 Å². The fraction of sp³-hybridized carbons (Fsp3) is 0.250. The van der Waals surface area contributed by atoms with Gasteiger partial charge in [-0.15, -0.1) is 11.3 Å². The highest BCUT2D eigenvalue weighted by molar-refractivity contribution is 7.10. The zero-order valence-corrected chi connectivity index (χ0v) is 18.8. The number of fused-ring (bicyclic) bond motifs is 1. The van der Waals surface area contributed by atoms with Crippen molar-refractivity contribution in [3.63, 3.8) is 0 Å². The minimum atomic E-state index is -0.276. The lowest BCUT2D eigenvalue weighted by Gasteiger charge is -2.36. The van der Waals surface area contributed by atoms with E-state index >= 15 is 0 Å². The summed E-state index contributed by atoms with van der Waals surface area (Å²) >= 11 is 7.88.